The van der Waals surface area contributed by atoms with Gasteiger partial charge in [-0.3, -0.25) is 4.79 Å². The zero-order valence-corrected chi connectivity index (χ0v) is 18.1. The molecular weight excluding hydrogens is 429 g/mol. The highest BCUT2D eigenvalue weighted by Gasteiger charge is 2.32. The molecule has 1 amide bonds. The molecule has 1 N–H and O–H groups in total. The Bertz CT molecular complexity index is 1030. The number of nitrogens with one attached hydrogen (secondary N) is 1. The Balaban J connectivity index is 1.66. The molecule has 0 spiro atoms. The van der Waals surface area contributed by atoms with Crippen LogP contribution < -0.4 is 5.32 Å². The van der Waals surface area contributed by atoms with Gasteiger partial charge in [-0.05, 0) is 54.2 Å². The molecule has 2 atom stereocenters. The molecule has 1 aliphatic rings. The summed E-state index contributed by atoms with van der Waals surface area (Å²) < 4.78 is 65.7. The third-order valence-corrected chi connectivity index (χ3v) is 7.08. The number of piperidine rings is 1. The molecule has 1 saturated heterocycles. The van der Waals surface area contributed by atoms with Gasteiger partial charge in [0.2, 0.25) is 15.9 Å². The van der Waals surface area contributed by atoms with E-state index < -0.39 is 27.7 Å². The number of carbonyl (C=O) groups is 1. The van der Waals surface area contributed by atoms with Crippen molar-refractivity contribution >= 4 is 21.6 Å². The SMILES string of the molecule is C[C@@H]1C[C@@H](C)CN(S(=O)(=O)c2ccc(NC(=O)Cc3cccc(C(F)(F)F)c3)cc2)C1. The van der Waals surface area contributed by atoms with E-state index in [1.165, 1.54) is 40.7 Å². The second kappa shape index (κ2) is 9.00. The maximum atomic E-state index is 12.9. The lowest BCUT2D eigenvalue weighted by atomic mass is 9.94. The molecule has 0 saturated carbocycles. The fraction of sp³-hybridized carbons (Fsp3) is 0.409. The van der Waals surface area contributed by atoms with E-state index in [1.54, 1.807) is 0 Å². The first-order valence-corrected chi connectivity index (χ1v) is 11.5. The van der Waals surface area contributed by atoms with E-state index in [2.05, 4.69) is 5.32 Å². The van der Waals surface area contributed by atoms with Crippen molar-refractivity contribution in [3.05, 3.63) is 59.7 Å². The molecule has 168 valence electrons. The van der Waals surface area contributed by atoms with Crippen LogP contribution in [-0.4, -0.2) is 31.7 Å². The molecule has 0 bridgehead atoms. The topological polar surface area (TPSA) is 66.5 Å². The Morgan fingerprint density at radius 1 is 1.06 bits per heavy atom. The van der Waals surface area contributed by atoms with Crippen LogP contribution in [0.2, 0.25) is 0 Å². The van der Waals surface area contributed by atoms with Crippen molar-refractivity contribution in [2.45, 2.75) is 37.8 Å². The Morgan fingerprint density at radius 2 is 1.68 bits per heavy atom. The summed E-state index contributed by atoms with van der Waals surface area (Å²) in [5, 5.41) is 2.59. The minimum atomic E-state index is -4.47. The molecule has 5 nitrogen and oxygen atoms in total. The van der Waals surface area contributed by atoms with Gasteiger partial charge in [-0.25, -0.2) is 8.42 Å². The summed E-state index contributed by atoms with van der Waals surface area (Å²) in [7, 11) is -3.63. The fourth-order valence-corrected chi connectivity index (χ4v) is 5.59. The van der Waals surface area contributed by atoms with Crippen LogP contribution in [0.3, 0.4) is 0 Å². The summed E-state index contributed by atoms with van der Waals surface area (Å²) in [6.07, 6.45) is -3.71. The van der Waals surface area contributed by atoms with Crippen molar-refractivity contribution in [3.8, 4) is 0 Å². The number of amides is 1. The third-order valence-electron chi connectivity index (χ3n) is 5.23. The van der Waals surface area contributed by atoms with Crippen molar-refractivity contribution in [1.29, 1.82) is 0 Å². The van der Waals surface area contributed by atoms with Crippen molar-refractivity contribution in [1.82, 2.24) is 4.31 Å². The highest BCUT2D eigenvalue weighted by Crippen LogP contribution is 2.30. The summed E-state index contributed by atoms with van der Waals surface area (Å²) in [6, 6.07) is 10.4. The molecular formula is C22H25F3N2O3S. The number of nitrogens with zero attached hydrogens (tertiary/aromatic N) is 1. The van der Waals surface area contributed by atoms with Crippen LogP contribution in [0, 0.1) is 11.8 Å². The van der Waals surface area contributed by atoms with Crippen LogP contribution in [-0.2, 0) is 27.4 Å². The standard InChI is InChI=1S/C22H25F3N2O3S/c1-15-10-16(2)14-27(13-15)31(29,30)20-8-6-19(7-9-20)26-21(28)12-17-4-3-5-18(11-17)22(23,24)25/h3-9,11,15-16H,10,12-14H2,1-2H3,(H,26,28)/t15-,16-/m1/s1. The van der Waals surface area contributed by atoms with Crippen molar-refractivity contribution < 1.29 is 26.4 Å². The Kier molecular flexibility index (Phi) is 6.76. The lowest BCUT2D eigenvalue weighted by Crippen LogP contribution is -2.42. The van der Waals surface area contributed by atoms with Crippen LogP contribution in [0.25, 0.3) is 0 Å². The fourth-order valence-electron chi connectivity index (χ4n) is 3.91. The molecule has 0 aliphatic carbocycles. The predicted molar refractivity (Wildman–Crippen MR) is 112 cm³/mol. The number of anilines is 1. The molecule has 31 heavy (non-hydrogen) atoms. The van der Waals surface area contributed by atoms with E-state index in [9.17, 15) is 26.4 Å². The number of carbonyl (C=O) groups excluding carboxylic acids is 1. The highest BCUT2D eigenvalue weighted by molar-refractivity contribution is 7.89. The average molecular weight is 455 g/mol. The van der Waals surface area contributed by atoms with Gasteiger partial charge in [-0.15, -0.1) is 0 Å². The number of sulfonamides is 1. The normalized spacial score (nSPS) is 20.4. The molecule has 2 aromatic carbocycles. The van der Waals surface area contributed by atoms with Crippen LogP contribution in [0.4, 0.5) is 18.9 Å². The van der Waals surface area contributed by atoms with E-state index in [0.717, 1.165) is 18.6 Å². The number of hydrogen-bond donors (Lipinski definition) is 1. The molecule has 0 radical (unpaired) electrons. The zero-order chi connectivity index (χ0) is 22.8. The first-order chi connectivity index (χ1) is 14.4. The van der Waals surface area contributed by atoms with E-state index in [1.807, 2.05) is 13.8 Å². The Morgan fingerprint density at radius 3 is 2.26 bits per heavy atom. The summed E-state index contributed by atoms with van der Waals surface area (Å²) in [5.74, 6) is 0.0782. The number of rotatable bonds is 5. The largest absolute Gasteiger partial charge is 0.416 e. The van der Waals surface area contributed by atoms with Crippen LogP contribution in [0.5, 0.6) is 0 Å². The second-order valence-corrected chi connectivity index (χ2v) is 10.2. The number of alkyl halides is 3. The van der Waals surface area contributed by atoms with Gasteiger partial charge in [0.1, 0.15) is 0 Å². The first-order valence-electron chi connectivity index (χ1n) is 10.0. The monoisotopic (exact) mass is 454 g/mol. The highest BCUT2D eigenvalue weighted by atomic mass is 32.2. The number of halogens is 3. The molecule has 0 aromatic heterocycles. The van der Waals surface area contributed by atoms with Gasteiger partial charge < -0.3 is 5.32 Å². The predicted octanol–water partition coefficient (Wildman–Crippen LogP) is 4.55. The van der Waals surface area contributed by atoms with E-state index in [0.29, 0.717) is 18.8 Å². The summed E-state index contributed by atoms with van der Waals surface area (Å²) in [4.78, 5) is 12.4. The van der Waals surface area contributed by atoms with Gasteiger partial charge in [0, 0.05) is 18.8 Å². The maximum absolute atomic E-state index is 12.9. The van der Waals surface area contributed by atoms with E-state index in [4.69, 9.17) is 0 Å². The molecule has 1 fully saturated rings. The molecule has 1 aliphatic heterocycles. The van der Waals surface area contributed by atoms with Crippen LogP contribution in [0.1, 0.15) is 31.4 Å². The summed E-state index contributed by atoms with van der Waals surface area (Å²) >= 11 is 0. The minimum absolute atomic E-state index is 0.143. The van der Waals surface area contributed by atoms with Gasteiger partial charge in [0.15, 0.2) is 0 Å². The minimum Gasteiger partial charge on any atom is -0.326 e. The van der Waals surface area contributed by atoms with Crippen molar-refractivity contribution in [3.63, 3.8) is 0 Å². The molecule has 0 unspecified atom stereocenters. The lowest BCUT2D eigenvalue weighted by Gasteiger charge is -2.34. The average Bonchev–Trinajstić information content (AvgIpc) is 2.67. The third kappa shape index (κ3) is 5.86. The second-order valence-electron chi connectivity index (χ2n) is 8.22. The number of hydrogen-bond acceptors (Lipinski definition) is 3. The lowest BCUT2D eigenvalue weighted by molar-refractivity contribution is -0.137. The molecule has 9 heteroatoms. The summed E-state index contributed by atoms with van der Waals surface area (Å²) in [6.45, 7) is 5.01. The van der Waals surface area contributed by atoms with Crippen LogP contribution >= 0.6 is 0 Å². The van der Waals surface area contributed by atoms with Gasteiger partial charge in [0.25, 0.3) is 0 Å². The summed E-state index contributed by atoms with van der Waals surface area (Å²) in [5.41, 5.74) is -0.204. The zero-order valence-electron chi connectivity index (χ0n) is 17.3. The van der Waals surface area contributed by atoms with E-state index in [-0.39, 0.29) is 28.7 Å². The van der Waals surface area contributed by atoms with Crippen molar-refractivity contribution in [2.24, 2.45) is 11.8 Å². The first kappa shape index (κ1) is 23.3. The van der Waals surface area contributed by atoms with Gasteiger partial charge in [-0.2, -0.15) is 17.5 Å². The number of benzene rings is 2. The van der Waals surface area contributed by atoms with E-state index >= 15 is 0 Å². The van der Waals surface area contributed by atoms with Gasteiger partial charge >= 0.3 is 6.18 Å². The van der Waals surface area contributed by atoms with Crippen LogP contribution in [0.15, 0.2) is 53.4 Å². The smallest absolute Gasteiger partial charge is 0.326 e. The molecule has 3 rings (SSSR count). The Labute approximate surface area is 180 Å². The molecule has 2 aromatic rings. The quantitative estimate of drug-likeness (QED) is 0.721. The molecule has 1 heterocycles. The van der Waals surface area contributed by atoms with Crippen molar-refractivity contribution in [2.75, 3.05) is 18.4 Å². The van der Waals surface area contributed by atoms with Gasteiger partial charge in [0.05, 0.1) is 16.9 Å². The Hall–Kier alpha value is -2.39. The van der Waals surface area contributed by atoms with Gasteiger partial charge in [-0.1, -0.05) is 32.0 Å². The maximum Gasteiger partial charge on any atom is 0.416 e.